The highest BCUT2D eigenvalue weighted by Crippen LogP contribution is 2.40. The first-order valence-corrected chi connectivity index (χ1v) is 8.85. The van der Waals surface area contributed by atoms with E-state index in [0.29, 0.717) is 25.5 Å². The first-order valence-electron chi connectivity index (χ1n) is 7.91. The van der Waals surface area contributed by atoms with Gasteiger partial charge in [0.1, 0.15) is 5.69 Å². The molecule has 0 unspecified atom stereocenters. The number of hydrogen-bond acceptors (Lipinski definition) is 6. The number of fused-ring (bicyclic) bond motifs is 1. The number of ether oxygens (including phenoxy) is 3. The van der Waals surface area contributed by atoms with Crippen LogP contribution in [-0.2, 0) is 10.2 Å². The first-order chi connectivity index (χ1) is 11.8. The Kier molecular flexibility index (Phi) is 4.12. The lowest BCUT2D eigenvalue weighted by molar-refractivity contribution is 0.0486. The molecule has 1 aromatic heterocycles. The lowest BCUT2D eigenvalue weighted by Gasteiger charge is -2.38. The summed E-state index contributed by atoms with van der Waals surface area (Å²) < 4.78 is 16.4. The van der Waals surface area contributed by atoms with Gasteiger partial charge in [0.25, 0.3) is 5.91 Å². The van der Waals surface area contributed by atoms with E-state index in [9.17, 15) is 4.79 Å². The van der Waals surface area contributed by atoms with Crippen LogP contribution in [0.1, 0.15) is 28.9 Å². The molecular weight excluding hydrogens is 328 g/mol. The third-order valence-electron chi connectivity index (χ3n) is 4.69. The largest absolute Gasteiger partial charge is 0.454 e. The molecule has 1 saturated heterocycles. The van der Waals surface area contributed by atoms with Gasteiger partial charge in [-0.2, -0.15) is 0 Å². The van der Waals surface area contributed by atoms with Gasteiger partial charge in [-0.15, -0.1) is 11.3 Å². The van der Waals surface area contributed by atoms with Gasteiger partial charge in [-0.1, -0.05) is 6.07 Å². The van der Waals surface area contributed by atoms with Gasteiger partial charge in [0.15, 0.2) is 11.5 Å². The molecule has 1 fully saturated rings. The number of hydrogen-bond donors (Lipinski definition) is 1. The van der Waals surface area contributed by atoms with E-state index >= 15 is 0 Å². The molecule has 4 rings (SSSR count). The highest BCUT2D eigenvalue weighted by molar-refractivity contribution is 7.07. The zero-order valence-corrected chi connectivity index (χ0v) is 13.9. The normalized spacial score (nSPS) is 18.3. The fraction of sp³-hybridized carbons (Fsp3) is 0.412. The molecule has 0 aliphatic carbocycles. The van der Waals surface area contributed by atoms with Crippen molar-refractivity contribution >= 4 is 17.2 Å². The molecule has 3 heterocycles. The van der Waals surface area contributed by atoms with Crippen LogP contribution in [0.3, 0.4) is 0 Å². The molecule has 1 amide bonds. The molecule has 0 spiro atoms. The predicted octanol–water partition coefficient (Wildman–Crippen LogP) is 2.35. The van der Waals surface area contributed by atoms with E-state index in [-0.39, 0.29) is 18.1 Å². The first kappa shape index (κ1) is 15.4. The Morgan fingerprint density at radius 3 is 2.88 bits per heavy atom. The summed E-state index contributed by atoms with van der Waals surface area (Å²) in [6, 6.07) is 6.04. The van der Waals surface area contributed by atoms with Gasteiger partial charge in [-0.05, 0) is 30.5 Å². The van der Waals surface area contributed by atoms with Crippen molar-refractivity contribution in [3.8, 4) is 11.5 Å². The molecule has 0 atom stereocenters. The second-order valence-corrected chi connectivity index (χ2v) is 6.74. The van der Waals surface area contributed by atoms with Crippen molar-refractivity contribution in [1.29, 1.82) is 0 Å². The molecule has 1 N–H and O–H groups in total. The van der Waals surface area contributed by atoms with E-state index in [2.05, 4.69) is 16.4 Å². The van der Waals surface area contributed by atoms with E-state index in [4.69, 9.17) is 14.2 Å². The summed E-state index contributed by atoms with van der Waals surface area (Å²) in [5.74, 6) is 1.40. The molecule has 0 saturated carbocycles. The van der Waals surface area contributed by atoms with E-state index in [1.165, 1.54) is 11.3 Å². The second-order valence-electron chi connectivity index (χ2n) is 6.02. The SMILES string of the molecule is O=C(NCC1(c2ccc3c(c2)OCO3)CCOCC1)c1cscn1. The van der Waals surface area contributed by atoms with Gasteiger partial charge in [0.05, 0.1) is 5.51 Å². The van der Waals surface area contributed by atoms with Crippen molar-refractivity contribution in [2.24, 2.45) is 0 Å². The number of nitrogens with zero attached hydrogens (tertiary/aromatic N) is 1. The molecule has 2 aromatic rings. The Labute approximate surface area is 143 Å². The monoisotopic (exact) mass is 346 g/mol. The van der Waals surface area contributed by atoms with Crippen LogP contribution in [0.25, 0.3) is 0 Å². The minimum absolute atomic E-state index is 0.136. The van der Waals surface area contributed by atoms with Gasteiger partial charge in [0.2, 0.25) is 6.79 Å². The maximum atomic E-state index is 12.3. The van der Waals surface area contributed by atoms with E-state index in [1.54, 1.807) is 10.9 Å². The highest BCUT2D eigenvalue weighted by Gasteiger charge is 2.36. The van der Waals surface area contributed by atoms with E-state index in [1.807, 2.05) is 12.1 Å². The number of benzene rings is 1. The summed E-state index contributed by atoms with van der Waals surface area (Å²) in [5, 5.41) is 4.80. The highest BCUT2D eigenvalue weighted by atomic mass is 32.1. The van der Waals surface area contributed by atoms with Crippen LogP contribution < -0.4 is 14.8 Å². The molecule has 6 nitrogen and oxygen atoms in total. The summed E-state index contributed by atoms with van der Waals surface area (Å²) >= 11 is 1.42. The van der Waals surface area contributed by atoms with Crippen LogP contribution in [0.15, 0.2) is 29.1 Å². The van der Waals surface area contributed by atoms with Gasteiger partial charge in [0, 0.05) is 30.6 Å². The number of rotatable bonds is 4. The molecule has 0 bridgehead atoms. The topological polar surface area (TPSA) is 69.7 Å². The van der Waals surface area contributed by atoms with Crippen LogP contribution in [0.5, 0.6) is 11.5 Å². The van der Waals surface area contributed by atoms with Crippen LogP contribution in [0.4, 0.5) is 0 Å². The summed E-state index contributed by atoms with van der Waals surface area (Å²) in [4.78, 5) is 16.3. The third-order valence-corrected chi connectivity index (χ3v) is 5.27. The molecule has 7 heteroatoms. The van der Waals surface area contributed by atoms with Gasteiger partial charge in [-0.3, -0.25) is 4.79 Å². The van der Waals surface area contributed by atoms with Crippen molar-refractivity contribution < 1.29 is 19.0 Å². The van der Waals surface area contributed by atoms with E-state index in [0.717, 1.165) is 29.9 Å². The molecule has 24 heavy (non-hydrogen) atoms. The Hall–Kier alpha value is -2.12. The number of nitrogens with one attached hydrogen (secondary N) is 1. The van der Waals surface area contributed by atoms with Gasteiger partial charge < -0.3 is 19.5 Å². The standard InChI is InChI=1S/C17H18N2O4S/c20-16(13-8-24-10-19-13)18-9-17(3-5-21-6-4-17)12-1-2-14-15(7-12)23-11-22-14/h1-2,7-8,10H,3-6,9,11H2,(H,18,20). The minimum Gasteiger partial charge on any atom is -0.454 e. The molecule has 2 aliphatic heterocycles. The van der Waals surface area contributed by atoms with Crippen molar-refractivity contribution in [1.82, 2.24) is 10.3 Å². The summed E-state index contributed by atoms with van der Waals surface area (Å²) in [6.45, 7) is 2.17. The lowest BCUT2D eigenvalue weighted by Crippen LogP contribution is -2.44. The average molecular weight is 346 g/mol. The molecule has 126 valence electrons. The fourth-order valence-electron chi connectivity index (χ4n) is 3.22. The summed E-state index contributed by atoms with van der Waals surface area (Å²) in [7, 11) is 0. The van der Waals surface area contributed by atoms with Crippen LogP contribution in [0, 0.1) is 0 Å². The Balaban J connectivity index is 1.57. The van der Waals surface area contributed by atoms with Gasteiger partial charge in [-0.25, -0.2) is 4.98 Å². The van der Waals surface area contributed by atoms with Crippen LogP contribution >= 0.6 is 11.3 Å². The maximum Gasteiger partial charge on any atom is 0.270 e. The summed E-state index contributed by atoms with van der Waals surface area (Å²) in [6.07, 6.45) is 1.70. The number of amides is 1. The average Bonchev–Trinajstić information content (AvgIpc) is 3.31. The summed E-state index contributed by atoms with van der Waals surface area (Å²) in [5.41, 5.74) is 3.11. The Bertz CT molecular complexity index is 726. The number of carbonyl (C=O) groups is 1. The fourth-order valence-corrected chi connectivity index (χ4v) is 3.75. The predicted molar refractivity (Wildman–Crippen MR) is 88.7 cm³/mol. The second kappa shape index (κ2) is 6.41. The van der Waals surface area contributed by atoms with Gasteiger partial charge >= 0.3 is 0 Å². The molecule has 2 aliphatic rings. The smallest absolute Gasteiger partial charge is 0.270 e. The maximum absolute atomic E-state index is 12.3. The quantitative estimate of drug-likeness (QED) is 0.920. The Morgan fingerprint density at radius 1 is 1.25 bits per heavy atom. The minimum atomic E-state index is -0.162. The molecular formula is C17H18N2O4S. The Morgan fingerprint density at radius 2 is 2.08 bits per heavy atom. The lowest BCUT2D eigenvalue weighted by atomic mass is 9.74. The van der Waals surface area contributed by atoms with Crippen molar-refractivity contribution in [3.63, 3.8) is 0 Å². The zero-order chi connectivity index (χ0) is 16.4. The van der Waals surface area contributed by atoms with Crippen molar-refractivity contribution in [3.05, 3.63) is 40.3 Å². The third kappa shape index (κ3) is 2.85. The zero-order valence-electron chi connectivity index (χ0n) is 13.1. The van der Waals surface area contributed by atoms with E-state index < -0.39 is 0 Å². The number of aromatic nitrogens is 1. The molecule has 1 aromatic carbocycles. The van der Waals surface area contributed by atoms with Crippen LogP contribution in [-0.4, -0.2) is 37.4 Å². The number of thiazole rings is 1. The number of carbonyl (C=O) groups excluding carboxylic acids is 1. The van der Waals surface area contributed by atoms with Crippen molar-refractivity contribution in [2.45, 2.75) is 18.3 Å². The van der Waals surface area contributed by atoms with Crippen molar-refractivity contribution in [2.75, 3.05) is 26.6 Å². The van der Waals surface area contributed by atoms with Crippen LogP contribution in [0.2, 0.25) is 0 Å². The molecule has 0 radical (unpaired) electrons.